The van der Waals surface area contributed by atoms with Gasteiger partial charge in [0.1, 0.15) is 0 Å². The fourth-order valence-corrected chi connectivity index (χ4v) is 17.1. The van der Waals surface area contributed by atoms with Crippen molar-refractivity contribution in [2.24, 2.45) is 16.2 Å². The van der Waals surface area contributed by atoms with Crippen LogP contribution in [0.3, 0.4) is 0 Å². The minimum atomic E-state index is -0.146. The van der Waals surface area contributed by atoms with Gasteiger partial charge in [0.25, 0.3) is 0 Å². The summed E-state index contributed by atoms with van der Waals surface area (Å²) in [5, 5.41) is 0.807. The Morgan fingerprint density at radius 3 is 1.48 bits per heavy atom. The molecule has 0 bridgehead atoms. The van der Waals surface area contributed by atoms with Crippen LogP contribution in [0.2, 0.25) is 0 Å². The number of piperidine rings is 3. The number of amides is 4. The normalized spacial score (nSPS) is 29.2. The molecular weight excluding hydrogens is 1040 g/mol. The summed E-state index contributed by atoms with van der Waals surface area (Å²) in [4.78, 5) is 63.6. The van der Waals surface area contributed by atoms with Gasteiger partial charge >= 0.3 is 18.3 Å². The van der Waals surface area contributed by atoms with Crippen molar-refractivity contribution in [3.8, 4) is 0 Å². The van der Waals surface area contributed by atoms with Gasteiger partial charge in [-0.2, -0.15) is 11.8 Å². The molecule has 3 spiro atoms. The van der Waals surface area contributed by atoms with Crippen molar-refractivity contribution in [3.63, 3.8) is 0 Å². The highest BCUT2D eigenvalue weighted by Gasteiger charge is 2.54. The predicted molar refractivity (Wildman–Crippen MR) is 319 cm³/mol. The lowest BCUT2D eigenvalue weighted by molar-refractivity contribution is -0.133. The van der Waals surface area contributed by atoms with Gasteiger partial charge in [0.05, 0.1) is 32.0 Å². The summed E-state index contributed by atoms with van der Waals surface area (Å²) < 4.78 is 21.8. The van der Waals surface area contributed by atoms with Crippen molar-refractivity contribution in [1.82, 2.24) is 34.3 Å². The highest BCUT2D eigenvalue weighted by Crippen LogP contribution is 2.53. The summed E-state index contributed by atoms with van der Waals surface area (Å²) in [7, 11) is 0. The molecule has 0 N–H and O–H groups in total. The maximum atomic E-state index is 12.0. The number of benzene rings is 2. The Labute approximate surface area is 489 Å². The van der Waals surface area contributed by atoms with Gasteiger partial charge < -0.3 is 53.2 Å². The lowest BCUT2D eigenvalue weighted by Crippen LogP contribution is -2.58. The minimum Gasteiger partial charge on any atom is -0.450 e. The van der Waals surface area contributed by atoms with Gasteiger partial charge in [-0.25, -0.2) is 14.4 Å². The van der Waals surface area contributed by atoms with Crippen molar-refractivity contribution in [3.05, 3.63) is 71.8 Å². The number of carbonyl (C=O) groups is 4. The summed E-state index contributed by atoms with van der Waals surface area (Å²) in [6, 6.07) is 24.4. The first-order valence-corrected chi connectivity index (χ1v) is 32.9. The topological polar surface area (TPSA) is 128 Å². The molecule has 10 fully saturated rings. The Balaban J connectivity index is 0.000000136. The average molecular weight is 1140 g/mol. The van der Waals surface area contributed by atoms with Crippen LogP contribution in [0.1, 0.15) is 161 Å². The molecule has 16 heteroatoms. The molecule has 2 aromatic rings. The van der Waals surface area contributed by atoms with E-state index in [4.69, 9.17) is 18.9 Å². The van der Waals surface area contributed by atoms with Crippen LogP contribution in [0.15, 0.2) is 60.7 Å². The number of thioether (sulfide) groups is 1. The van der Waals surface area contributed by atoms with Gasteiger partial charge in [0.2, 0.25) is 5.91 Å². The van der Waals surface area contributed by atoms with Crippen molar-refractivity contribution in [2.45, 2.75) is 197 Å². The molecule has 2 unspecified atom stereocenters. The fraction of sp³-hybridized carbons (Fsp3) is 0.754. The zero-order valence-corrected chi connectivity index (χ0v) is 50.8. The molecule has 0 radical (unpaired) electrons. The van der Waals surface area contributed by atoms with Gasteiger partial charge in [-0.05, 0) is 172 Å². The maximum absolute atomic E-state index is 12.0. The lowest BCUT2D eigenvalue weighted by atomic mass is 9.64. The fourth-order valence-electron chi connectivity index (χ4n) is 15.9. The van der Waals surface area contributed by atoms with Crippen molar-refractivity contribution in [1.29, 1.82) is 0 Å². The van der Waals surface area contributed by atoms with Crippen LogP contribution in [-0.2, 0) is 29.5 Å². The second-order valence-corrected chi connectivity index (χ2v) is 27.5. The average Bonchev–Trinajstić information content (AvgIpc) is 3.76. The lowest BCUT2D eigenvalue weighted by Gasteiger charge is -2.51. The predicted octanol–water partition coefficient (Wildman–Crippen LogP) is 11.1. The summed E-state index contributed by atoms with van der Waals surface area (Å²) in [6.07, 6.45) is 20.6. The van der Waals surface area contributed by atoms with E-state index in [1.807, 2.05) is 35.5 Å². The van der Waals surface area contributed by atoms with E-state index in [1.165, 1.54) is 94.8 Å². The standard InChI is InChI=1S/C23H34N2O3.C22H32N2O2S.C20H33N3O3/c1-3-27-22(26)25-14-11-23(17-25)15-20(16-23)24-12-9-21(10-13-24)28-18(2)19-7-5-4-6-8-19;1-2-26-21(25)24-13-10-22(17-24)14-19(15-22)23-11-8-20(9-12-23)27-16-18-6-4-3-5-7-18;1-3-26-19(25)22-13-20(14-22)9-6-18(12-20)21-10-7-17(8-11-21)23(15(2)24)16-4-5-16/h4-8,18,20-21H,3,9-17H2,1-2H3;3-7,19-20H,2,8-17H2,1H3;16-18H,3-14H2,1-2H3. The second-order valence-electron chi connectivity index (χ2n) is 26.2. The minimum absolute atomic E-state index is 0.117. The van der Waals surface area contributed by atoms with Gasteiger partial charge in [0, 0.05) is 119 Å². The Hall–Kier alpha value is -4.09. The highest BCUT2D eigenvalue weighted by molar-refractivity contribution is 7.99. The van der Waals surface area contributed by atoms with Crippen LogP contribution in [0.25, 0.3) is 0 Å². The first-order valence-electron chi connectivity index (χ1n) is 31.9. The molecule has 6 aliphatic heterocycles. The number of hydrogen-bond donors (Lipinski definition) is 0. The molecule has 2 atom stereocenters. The third-order valence-electron chi connectivity index (χ3n) is 20.6. The summed E-state index contributed by atoms with van der Waals surface area (Å²) in [6.45, 7) is 23.2. The second kappa shape index (κ2) is 27.3. The van der Waals surface area contributed by atoms with Crippen molar-refractivity contribution >= 4 is 35.9 Å². The van der Waals surface area contributed by atoms with Gasteiger partial charge in [-0.3, -0.25) is 4.79 Å². The number of likely N-dealkylation sites (tertiary alicyclic amines) is 6. The van der Waals surface area contributed by atoms with Crippen molar-refractivity contribution in [2.75, 3.05) is 98.4 Å². The molecule has 10 aliphatic rings. The van der Waals surface area contributed by atoms with E-state index in [-0.39, 0.29) is 30.3 Å². The van der Waals surface area contributed by atoms with Crippen LogP contribution in [0.4, 0.5) is 14.4 Å². The Morgan fingerprint density at radius 1 is 0.531 bits per heavy atom. The van der Waals surface area contributed by atoms with E-state index in [0.29, 0.717) is 66.3 Å². The Kier molecular flexibility index (Phi) is 20.2. The van der Waals surface area contributed by atoms with Crippen LogP contribution < -0.4 is 0 Å². The van der Waals surface area contributed by atoms with Crippen LogP contribution in [-0.4, -0.2) is 198 Å². The third-order valence-corrected chi connectivity index (χ3v) is 22.0. The monoisotopic (exact) mass is 1140 g/mol. The highest BCUT2D eigenvalue weighted by atomic mass is 32.2. The molecule has 81 heavy (non-hydrogen) atoms. The zero-order valence-electron chi connectivity index (χ0n) is 50.0. The number of rotatable bonds is 14. The smallest absolute Gasteiger partial charge is 0.409 e. The summed E-state index contributed by atoms with van der Waals surface area (Å²) in [5.41, 5.74) is 3.79. The zero-order chi connectivity index (χ0) is 56.6. The third kappa shape index (κ3) is 15.1. The summed E-state index contributed by atoms with van der Waals surface area (Å²) in [5.74, 6) is 1.40. The molecule has 6 heterocycles. The number of carbonyl (C=O) groups excluding carboxylic acids is 4. The summed E-state index contributed by atoms with van der Waals surface area (Å²) >= 11 is 2.13. The molecular formula is C65H99N7O8S. The largest absolute Gasteiger partial charge is 0.450 e. The molecule has 2 aromatic carbocycles. The molecule has 448 valence electrons. The maximum Gasteiger partial charge on any atom is 0.409 e. The Bertz CT molecular complexity index is 2340. The quantitative estimate of drug-likeness (QED) is 0.167. The number of nitrogens with zero attached hydrogens (tertiary/aromatic N) is 7. The molecule has 4 amide bonds. The van der Waals surface area contributed by atoms with E-state index in [2.05, 4.69) is 98.9 Å². The Morgan fingerprint density at radius 2 is 0.975 bits per heavy atom. The van der Waals surface area contributed by atoms with Crippen molar-refractivity contribution < 1.29 is 38.1 Å². The first-order chi connectivity index (χ1) is 39.3. The molecule has 12 rings (SSSR count). The van der Waals surface area contributed by atoms with Crippen LogP contribution in [0, 0.1) is 16.2 Å². The number of hydrogen-bond acceptors (Lipinski definition) is 12. The van der Waals surface area contributed by atoms with E-state index >= 15 is 0 Å². The van der Waals surface area contributed by atoms with Crippen LogP contribution in [0.5, 0.6) is 0 Å². The van der Waals surface area contributed by atoms with Gasteiger partial charge in [0.15, 0.2) is 0 Å². The number of ether oxygens (including phenoxy) is 4. The SMILES string of the molecule is CCOC(=O)N1CC2(CCC(N3CCC(N(C(C)=O)C4CC4)CC3)C2)C1.CCOC(=O)N1CCC2(CC(N3CCC(OC(C)c4ccccc4)CC3)C2)C1.CCOC(=O)N1CCC2(CC(N3CCC(SCc4ccccc4)CC3)C2)C1. The van der Waals surface area contributed by atoms with E-state index < -0.39 is 0 Å². The van der Waals surface area contributed by atoms with E-state index in [1.54, 1.807) is 6.92 Å². The van der Waals surface area contributed by atoms with Gasteiger partial charge in [-0.1, -0.05) is 60.7 Å². The van der Waals surface area contributed by atoms with E-state index in [0.717, 1.165) is 121 Å². The molecule has 4 aliphatic carbocycles. The molecule has 6 saturated heterocycles. The molecule has 0 aromatic heterocycles. The first kappa shape index (κ1) is 60.0. The van der Waals surface area contributed by atoms with E-state index in [9.17, 15) is 19.2 Å². The van der Waals surface area contributed by atoms with Gasteiger partial charge in [-0.15, -0.1) is 0 Å². The van der Waals surface area contributed by atoms with Crippen LogP contribution >= 0.6 is 11.8 Å². The molecule has 4 saturated carbocycles. The molecule has 15 nitrogen and oxygen atoms in total.